The number of carbonyl (C=O) groups is 1. The van der Waals surface area contributed by atoms with Gasteiger partial charge in [-0.2, -0.15) is 0 Å². The Bertz CT molecular complexity index is 1050. The molecule has 0 saturated carbocycles. The molecule has 0 fully saturated rings. The van der Waals surface area contributed by atoms with Gasteiger partial charge in [0.2, 0.25) is 0 Å². The molecule has 4 heteroatoms. The van der Waals surface area contributed by atoms with Crippen molar-refractivity contribution < 1.29 is 9.90 Å². The number of phenolic OH excluding ortho intramolecular Hbond substituents is 1. The van der Waals surface area contributed by atoms with E-state index in [1.54, 1.807) is 13.0 Å². The molecular formula is C24H26ClNO2. The highest BCUT2D eigenvalue weighted by Crippen LogP contribution is 2.30. The number of rotatable bonds is 3. The minimum atomic E-state index is -0.279. The molecule has 3 aromatic carbocycles. The molecule has 3 nitrogen and oxygen atoms in total. The molecule has 0 aliphatic rings. The lowest BCUT2D eigenvalue weighted by molar-refractivity contribution is 0.0940. The predicted molar refractivity (Wildman–Crippen MR) is 116 cm³/mol. The molecule has 3 aromatic rings. The van der Waals surface area contributed by atoms with Crippen LogP contribution in [-0.2, 0) is 5.41 Å². The van der Waals surface area contributed by atoms with Gasteiger partial charge in [0.15, 0.2) is 0 Å². The van der Waals surface area contributed by atoms with Gasteiger partial charge in [0.05, 0.1) is 6.04 Å². The van der Waals surface area contributed by atoms with Crippen molar-refractivity contribution in [3.05, 3.63) is 75.8 Å². The molecule has 1 unspecified atom stereocenters. The summed E-state index contributed by atoms with van der Waals surface area (Å²) in [5.74, 6) is -0.00692. The van der Waals surface area contributed by atoms with Gasteiger partial charge in [-0.25, -0.2) is 0 Å². The van der Waals surface area contributed by atoms with Crippen LogP contribution in [0.3, 0.4) is 0 Å². The van der Waals surface area contributed by atoms with Gasteiger partial charge >= 0.3 is 0 Å². The third-order valence-corrected chi connectivity index (χ3v) is 5.43. The summed E-state index contributed by atoms with van der Waals surface area (Å²) in [5, 5.41) is 15.3. The van der Waals surface area contributed by atoms with E-state index < -0.39 is 0 Å². The average molecular weight is 396 g/mol. The standard InChI is InChI=1S/C24H26ClNO2/c1-14-10-20(21(25)13-22(14)27)15(2)26-23(28)18-7-6-17-12-19(24(3,4)5)9-8-16(17)11-18/h6-13,15,27H,1-5H3,(H,26,28). The summed E-state index contributed by atoms with van der Waals surface area (Å²) in [6.45, 7) is 10.2. The maximum atomic E-state index is 12.8. The minimum Gasteiger partial charge on any atom is -0.508 e. The number of fused-ring (bicyclic) bond motifs is 1. The van der Waals surface area contributed by atoms with Gasteiger partial charge in [0, 0.05) is 10.6 Å². The van der Waals surface area contributed by atoms with Crippen LogP contribution in [0.2, 0.25) is 5.02 Å². The van der Waals surface area contributed by atoms with Crippen LogP contribution < -0.4 is 5.32 Å². The van der Waals surface area contributed by atoms with Gasteiger partial charge in [-0.15, -0.1) is 0 Å². The second kappa shape index (κ2) is 7.48. The lowest BCUT2D eigenvalue weighted by atomic mass is 9.86. The molecule has 2 N–H and O–H groups in total. The summed E-state index contributed by atoms with van der Waals surface area (Å²) in [4.78, 5) is 12.8. The first-order valence-corrected chi connectivity index (χ1v) is 9.78. The molecule has 0 aliphatic carbocycles. The number of hydrogen-bond acceptors (Lipinski definition) is 2. The first-order chi connectivity index (χ1) is 13.1. The number of amides is 1. The number of halogens is 1. The Balaban J connectivity index is 1.84. The zero-order valence-corrected chi connectivity index (χ0v) is 17.7. The molecule has 0 bridgehead atoms. The van der Waals surface area contributed by atoms with Gasteiger partial charge in [-0.05, 0) is 71.0 Å². The number of nitrogens with one attached hydrogen (secondary N) is 1. The summed E-state index contributed by atoms with van der Waals surface area (Å²) in [6, 6.07) is 15.1. The first-order valence-electron chi connectivity index (χ1n) is 9.40. The molecule has 1 amide bonds. The van der Waals surface area contributed by atoms with E-state index in [1.165, 1.54) is 11.6 Å². The van der Waals surface area contributed by atoms with E-state index in [4.69, 9.17) is 11.6 Å². The number of benzene rings is 3. The van der Waals surface area contributed by atoms with Crippen LogP contribution in [0.4, 0.5) is 0 Å². The second-order valence-electron chi connectivity index (χ2n) is 8.38. The highest BCUT2D eigenvalue weighted by atomic mass is 35.5. The van der Waals surface area contributed by atoms with Crippen molar-refractivity contribution in [3.63, 3.8) is 0 Å². The molecule has 0 radical (unpaired) electrons. The van der Waals surface area contributed by atoms with Crippen LogP contribution in [-0.4, -0.2) is 11.0 Å². The van der Waals surface area contributed by atoms with Crippen molar-refractivity contribution in [2.75, 3.05) is 0 Å². The fraction of sp³-hybridized carbons (Fsp3) is 0.292. The number of hydrogen-bond donors (Lipinski definition) is 2. The number of carbonyl (C=O) groups excluding carboxylic acids is 1. The third-order valence-electron chi connectivity index (χ3n) is 5.10. The Morgan fingerprint density at radius 3 is 2.36 bits per heavy atom. The lowest BCUT2D eigenvalue weighted by Gasteiger charge is -2.20. The molecule has 0 heterocycles. The molecule has 3 rings (SSSR count). The number of aromatic hydroxyl groups is 1. The normalized spacial score (nSPS) is 12.8. The zero-order valence-electron chi connectivity index (χ0n) is 16.9. The Hall–Kier alpha value is -2.52. The molecule has 28 heavy (non-hydrogen) atoms. The van der Waals surface area contributed by atoms with Gasteiger partial charge in [0.25, 0.3) is 5.91 Å². The third kappa shape index (κ3) is 4.15. The van der Waals surface area contributed by atoms with Crippen LogP contribution in [0.15, 0.2) is 48.5 Å². The van der Waals surface area contributed by atoms with Crippen molar-refractivity contribution >= 4 is 28.3 Å². The fourth-order valence-corrected chi connectivity index (χ4v) is 3.56. The molecular weight excluding hydrogens is 370 g/mol. The minimum absolute atomic E-state index is 0.0845. The van der Waals surface area contributed by atoms with Crippen molar-refractivity contribution in [2.24, 2.45) is 0 Å². The summed E-state index contributed by atoms with van der Waals surface area (Å²) >= 11 is 6.24. The lowest BCUT2D eigenvalue weighted by Crippen LogP contribution is -2.26. The zero-order chi connectivity index (χ0) is 20.6. The second-order valence-corrected chi connectivity index (χ2v) is 8.79. The highest BCUT2D eigenvalue weighted by Gasteiger charge is 2.17. The van der Waals surface area contributed by atoms with E-state index in [9.17, 15) is 9.90 Å². The summed E-state index contributed by atoms with van der Waals surface area (Å²) in [5.41, 5.74) is 3.46. The summed E-state index contributed by atoms with van der Waals surface area (Å²) in [7, 11) is 0. The number of phenols is 1. The monoisotopic (exact) mass is 395 g/mol. The van der Waals surface area contributed by atoms with Crippen LogP contribution in [0.5, 0.6) is 5.75 Å². The van der Waals surface area contributed by atoms with Gasteiger partial charge in [-0.3, -0.25) is 4.79 Å². The number of aryl methyl sites for hydroxylation is 1. The molecule has 0 saturated heterocycles. The Labute approximate surface area is 171 Å². The van der Waals surface area contributed by atoms with E-state index >= 15 is 0 Å². The van der Waals surface area contributed by atoms with E-state index in [0.29, 0.717) is 10.6 Å². The molecule has 0 aromatic heterocycles. The largest absolute Gasteiger partial charge is 0.508 e. The molecule has 0 spiro atoms. The van der Waals surface area contributed by atoms with Crippen molar-refractivity contribution in [1.29, 1.82) is 0 Å². The van der Waals surface area contributed by atoms with Crippen molar-refractivity contribution in [1.82, 2.24) is 5.32 Å². The highest BCUT2D eigenvalue weighted by molar-refractivity contribution is 6.31. The Kier molecular flexibility index (Phi) is 5.40. The SMILES string of the molecule is Cc1cc(C(C)NC(=O)c2ccc3cc(C(C)(C)C)ccc3c2)c(Cl)cc1O. The molecule has 0 aliphatic heterocycles. The quantitative estimate of drug-likeness (QED) is 0.547. The summed E-state index contributed by atoms with van der Waals surface area (Å²) < 4.78 is 0. The van der Waals surface area contributed by atoms with Crippen molar-refractivity contribution in [3.8, 4) is 5.75 Å². The summed E-state index contributed by atoms with van der Waals surface area (Å²) in [6.07, 6.45) is 0. The Morgan fingerprint density at radius 1 is 1.04 bits per heavy atom. The fourth-order valence-electron chi connectivity index (χ4n) is 3.24. The molecule has 1 atom stereocenters. The van der Waals surface area contributed by atoms with Crippen LogP contribution in [0.1, 0.15) is 60.8 Å². The van der Waals surface area contributed by atoms with Crippen LogP contribution >= 0.6 is 11.6 Å². The average Bonchev–Trinajstić information content (AvgIpc) is 2.62. The van der Waals surface area contributed by atoms with E-state index in [2.05, 4.69) is 44.3 Å². The van der Waals surface area contributed by atoms with Crippen LogP contribution in [0.25, 0.3) is 10.8 Å². The van der Waals surface area contributed by atoms with E-state index in [0.717, 1.165) is 21.9 Å². The maximum absolute atomic E-state index is 12.8. The van der Waals surface area contributed by atoms with Crippen molar-refractivity contribution in [2.45, 2.75) is 46.1 Å². The van der Waals surface area contributed by atoms with Gasteiger partial charge in [0.1, 0.15) is 5.75 Å². The van der Waals surface area contributed by atoms with E-state index in [1.807, 2.05) is 25.1 Å². The van der Waals surface area contributed by atoms with Gasteiger partial charge in [-0.1, -0.05) is 56.6 Å². The van der Waals surface area contributed by atoms with Gasteiger partial charge < -0.3 is 10.4 Å². The first kappa shape index (κ1) is 20.2. The topological polar surface area (TPSA) is 49.3 Å². The van der Waals surface area contributed by atoms with Crippen LogP contribution in [0, 0.1) is 6.92 Å². The predicted octanol–water partition coefficient (Wildman–Crippen LogP) is 6.30. The Morgan fingerprint density at radius 2 is 1.68 bits per heavy atom. The molecule has 146 valence electrons. The van der Waals surface area contributed by atoms with E-state index in [-0.39, 0.29) is 23.1 Å². The smallest absolute Gasteiger partial charge is 0.251 e. The maximum Gasteiger partial charge on any atom is 0.251 e.